The van der Waals surface area contributed by atoms with Crippen molar-refractivity contribution in [3.05, 3.63) is 35.7 Å². The summed E-state index contributed by atoms with van der Waals surface area (Å²) in [7, 11) is 3.03. The summed E-state index contributed by atoms with van der Waals surface area (Å²) in [5.74, 6) is -0.425. The number of carboxylic acids is 1. The van der Waals surface area contributed by atoms with E-state index in [-0.39, 0.29) is 18.0 Å². The average molecular weight is 263 g/mol. The van der Waals surface area contributed by atoms with Crippen molar-refractivity contribution < 1.29 is 19.4 Å². The van der Waals surface area contributed by atoms with Gasteiger partial charge < -0.3 is 14.6 Å². The van der Waals surface area contributed by atoms with Crippen LogP contribution in [0.4, 0.5) is 0 Å². The van der Waals surface area contributed by atoms with Gasteiger partial charge in [-0.05, 0) is 24.3 Å². The number of methoxy groups -OCH3 is 2. The number of rotatable bonds is 5. The molecule has 19 heavy (non-hydrogen) atoms. The van der Waals surface area contributed by atoms with Crippen LogP contribution in [0.15, 0.2) is 24.3 Å². The Morgan fingerprint density at radius 3 is 2.53 bits per heavy atom. The SMILES string of the molecule is COCc1nnn(-c2ccc(OC)cc2)c1C(=O)O. The molecular formula is C12H13N3O4. The number of carbonyl (C=O) groups is 1. The fourth-order valence-electron chi connectivity index (χ4n) is 1.67. The van der Waals surface area contributed by atoms with E-state index >= 15 is 0 Å². The molecule has 0 saturated carbocycles. The Morgan fingerprint density at radius 2 is 2.00 bits per heavy atom. The molecule has 0 spiro atoms. The first-order valence-corrected chi connectivity index (χ1v) is 5.48. The Kier molecular flexibility index (Phi) is 3.76. The van der Waals surface area contributed by atoms with E-state index in [1.54, 1.807) is 31.4 Å². The maximum absolute atomic E-state index is 11.3. The number of nitrogens with zero attached hydrogens (tertiary/aromatic N) is 3. The minimum absolute atomic E-state index is 0.00739. The summed E-state index contributed by atoms with van der Waals surface area (Å²) in [6.45, 7) is 0.0950. The molecule has 0 aliphatic heterocycles. The molecule has 0 radical (unpaired) electrons. The Morgan fingerprint density at radius 1 is 1.32 bits per heavy atom. The van der Waals surface area contributed by atoms with Crippen LogP contribution in [-0.4, -0.2) is 40.3 Å². The van der Waals surface area contributed by atoms with E-state index in [4.69, 9.17) is 9.47 Å². The van der Waals surface area contributed by atoms with Gasteiger partial charge in [-0.15, -0.1) is 5.10 Å². The highest BCUT2D eigenvalue weighted by Crippen LogP contribution is 2.17. The summed E-state index contributed by atoms with van der Waals surface area (Å²) in [5.41, 5.74) is 0.867. The highest BCUT2D eigenvalue weighted by Gasteiger charge is 2.20. The van der Waals surface area contributed by atoms with Crippen LogP contribution >= 0.6 is 0 Å². The number of aromatic carboxylic acids is 1. The Hall–Kier alpha value is -2.41. The molecule has 1 heterocycles. The van der Waals surface area contributed by atoms with Crippen LogP contribution in [0.1, 0.15) is 16.2 Å². The molecule has 0 unspecified atom stereocenters. The van der Waals surface area contributed by atoms with Gasteiger partial charge in [-0.25, -0.2) is 9.48 Å². The zero-order valence-electron chi connectivity index (χ0n) is 10.5. The number of ether oxygens (including phenoxy) is 2. The predicted octanol–water partition coefficient (Wildman–Crippen LogP) is 1.12. The number of carboxylic acid groups (broad SMARTS) is 1. The second-order valence-corrected chi connectivity index (χ2v) is 3.73. The van der Waals surface area contributed by atoms with Crippen LogP contribution < -0.4 is 4.74 Å². The second kappa shape index (κ2) is 5.49. The summed E-state index contributed by atoms with van der Waals surface area (Å²) >= 11 is 0. The van der Waals surface area contributed by atoms with Gasteiger partial charge in [0, 0.05) is 7.11 Å². The molecule has 7 heteroatoms. The number of aromatic nitrogens is 3. The van der Waals surface area contributed by atoms with Crippen molar-refractivity contribution in [3.63, 3.8) is 0 Å². The second-order valence-electron chi connectivity index (χ2n) is 3.73. The van der Waals surface area contributed by atoms with Crippen molar-refractivity contribution >= 4 is 5.97 Å². The van der Waals surface area contributed by atoms with E-state index < -0.39 is 5.97 Å². The van der Waals surface area contributed by atoms with Crippen LogP contribution in [0.25, 0.3) is 5.69 Å². The van der Waals surface area contributed by atoms with E-state index in [1.165, 1.54) is 11.8 Å². The lowest BCUT2D eigenvalue weighted by Crippen LogP contribution is -2.10. The smallest absolute Gasteiger partial charge is 0.356 e. The molecule has 0 aliphatic carbocycles. The van der Waals surface area contributed by atoms with E-state index in [9.17, 15) is 9.90 Å². The van der Waals surface area contributed by atoms with Gasteiger partial charge in [-0.1, -0.05) is 5.21 Å². The summed E-state index contributed by atoms with van der Waals surface area (Å²) in [4.78, 5) is 11.3. The average Bonchev–Trinajstić information content (AvgIpc) is 2.83. The summed E-state index contributed by atoms with van der Waals surface area (Å²) < 4.78 is 11.2. The molecule has 0 fully saturated rings. The third-order valence-electron chi connectivity index (χ3n) is 2.54. The molecule has 0 aliphatic rings. The predicted molar refractivity (Wildman–Crippen MR) is 65.6 cm³/mol. The maximum atomic E-state index is 11.3. The van der Waals surface area contributed by atoms with Crippen molar-refractivity contribution in [2.45, 2.75) is 6.61 Å². The summed E-state index contributed by atoms with van der Waals surface area (Å²) in [6, 6.07) is 6.85. The number of hydrogen-bond donors (Lipinski definition) is 1. The molecule has 100 valence electrons. The monoisotopic (exact) mass is 263 g/mol. The largest absolute Gasteiger partial charge is 0.497 e. The minimum atomic E-state index is -1.10. The Bertz CT molecular complexity index is 577. The Labute approximate surface area is 109 Å². The standard InChI is InChI=1S/C12H13N3O4/c1-18-7-10-11(12(16)17)15(14-13-10)8-3-5-9(19-2)6-4-8/h3-6H,7H2,1-2H3,(H,16,17). The molecular weight excluding hydrogens is 250 g/mol. The molecule has 1 N–H and O–H groups in total. The Balaban J connectivity index is 2.45. The van der Waals surface area contributed by atoms with E-state index in [2.05, 4.69) is 10.3 Å². The highest BCUT2D eigenvalue weighted by molar-refractivity contribution is 5.87. The minimum Gasteiger partial charge on any atom is -0.497 e. The van der Waals surface area contributed by atoms with E-state index in [0.29, 0.717) is 11.4 Å². The van der Waals surface area contributed by atoms with Gasteiger partial charge in [0.25, 0.3) is 0 Å². The van der Waals surface area contributed by atoms with Gasteiger partial charge in [0.1, 0.15) is 11.4 Å². The number of hydrogen-bond acceptors (Lipinski definition) is 5. The van der Waals surface area contributed by atoms with Crippen LogP contribution in [0.5, 0.6) is 5.75 Å². The van der Waals surface area contributed by atoms with Crippen molar-refractivity contribution in [2.24, 2.45) is 0 Å². The summed E-state index contributed by atoms with van der Waals surface area (Å²) in [5, 5.41) is 16.9. The van der Waals surface area contributed by atoms with Crippen molar-refractivity contribution in [1.82, 2.24) is 15.0 Å². The molecule has 0 atom stereocenters. The van der Waals surface area contributed by atoms with Crippen LogP contribution in [0.2, 0.25) is 0 Å². The lowest BCUT2D eigenvalue weighted by Gasteiger charge is -2.05. The first-order chi connectivity index (χ1) is 9.17. The fraction of sp³-hybridized carbons (Fsp3) is 0.250. The molecule has 2 aromatic rings. The topological polar surface area (TPSA) is 86.5 Å². The molecule has 0 amide bonds. The zero-order valence-corrected chi connectivity index (χ0v) is 10.5. The van der Waals surface area contributed by atoms with E-state index in [1.807, 2.05) is 0 Å². The van der Waals surface area contributed by atoms with Gasteiger partial charge in [-0.3, -0.25) is 0 Å². The van der Waals surface area contributed by atoms with Gasteiger partial charge in [0.2, 0.25) is 0 Å². The van der Waals surface area contributed by atoms with Crippen LogP contribution in [-0.2, 0) is 11.3 Å². The highest BCUT2D eigenvalue weighted by atomic mass is 16.5. The van der Waals surface area contributed by atoms with Gasteiger partial charge in [0.15, 0.2) is 5.69 Å². The normalized spacial score (nSPS) is 10.4. The summed E-state index contributed by atoms with van der Waals surface area (Å²) in [6.07, 6.45) is 0. The first kappa shape index (κ1) is 13.0. The van der Waals surface area contributed by atoms with Crippen molar-refractivity contribution in [2.75, 3.05) is 14.2 Å². The first-order valence-electron chi connectivity index (χ1n) is 5.48. The number of benzene rings is 1. The molecule has 0 saturated heterocycles. The third kappa shape index (κ3) is 2.55. The molecule has 2 rings (SSSR count). The zero-order chi connectivity index (χ0) is 13.8. The van der Waals surface area contributed by atoms with Crippen LogP contribution in [0.3, 0.4) is 0 Å². The lowest BCUT2D eigenvalue weighted by atomic mass is 10.2. The molecule has 1 aromatic carbocycles. The van der Waals surface area contributed by atoms with Crippen molar-refractivity contribution in [1.29, 1.82) is 0 Å². The van der Waals surface area contributed by atoms with Gasteiger partial charge in [0.05, 0.1) is 19.4 Å². The third-order valence-corrected chi connectivity index (χ3v) is 2.54. The van der Waals surface area contributed by atoms with Crippen molar-refractivity contribution in [3.8, 4) is 11.4 Å². The fourth-order valence-corrected chi connectivity index (χ4v) is 1.67. The lowest BCUT2D eigenvalue weighted by molar-refractivity contribution is 0.0681. The van der Waals surface area contributed by atoms with Gasteiger partial charge in [-0.2, -0.15) is 0 Å². The molecule has 7 nitrogen and oxygen atoms in total. The van der Waals surface area contributed by atoms with Crippen LogP contribution in [0, 0.1) is 0 Å². The quantitative estimate of drug-likeness (QED) is 0.869. The molecule has 1 aromatic heterocycles. The maximum Gasteiger partial charge on any atom is 0.356 e. The van der Waals surface area contributed by atoms with E-state index in [0.717, 1.165) is 0 Å². The van der Waals surface area contributed by atoms with Gasteiger partial charge >= 0.3 is 5.97 Å². The molecule has 0 bridgehead atoms.